The minimum Gasteiger partial charge on any atom is -0.326 e. The summed E-state index contributed by atoms with van der Waals surface area (Å²) in [4.78, 5) is 4.72. The number of imidazole rings is 1. The molecular weight excluding hydrogens is 376 g/mol. The van der Waals surface area contributed by atoms with E-state index in [-0.39, 0.29) is 5.38 Å². The standard InChI is InChI=1S/C14H16BrClN2S2/c1-9(16)14-17-12-6-10(15)2-3-13(12)18(14)7-11-8-19-4-5-20-11/h2-3,6,9,11H,4-5,7-8H2,1H3. The van der Waals surface area contributed by atoms with Crippen LogP contribution in [0.5, 0.6) is 0 Å². The Morgan fingerprint density at radius 2 is 2.35 bits per heavy atom. The first-order chi connectivity index (χ1) is 9.65. The summed E-state index contributed by atoms with van der Waals surface area (Å²) in [5, 5.41) is 0.589. The molecule has 1 fully saturated rings. The van der Waals surface area contributed by atoms with Gasteiger partial charge in [0, 0.05) is 33.5 Å². The van der Waals surface area contributed by atoms with Crippen molar-refractivity contribution in [2.45, 2.75) is 24.1 Å². The van der Waals surface area contributed by atoms with E-state index >= 15 is 0 Å². The third-order valence-electron chi connectivity index (χ3n) is 3.37. The molecule has 2 unspecified atom stereocenters. The number of aromatic nitrogens is 2. The van der Waals surface area contributed by atoms with Crippen LogP contribution in [0.2, 0.25) is 0 Å². The number of rotatable bonds is 3. The van der Waals surface area contributed by atoms with Gasteiger partial charge in [-0.25, -0.2) is 4.98 Å². The fourth-order valence-corrected chi connectivity index (χ4v) is 5.63. The molecule has 0 saturated carbocycles. The van der Waals surface area contributed by atoms with Gasteiger partial charge in [-0.2, -0.15) is 23.5 Å². The van der Waals surface area contributed by atoms with Crippen molar-refractivity contribution in [2.75, 3.05) is 17.3 Å². The average Bonchev–Trinajstić information content (AvgIpc) is 2.78. The minimum absolute atomic E-state index is 0.0672. The van der Waals surface area contributed by atoms with Gasteiger partial charge in [0.2, 0.25) is 0 Å². The smallest absolute Gasteiger partial charge is 0.127 e. The predicted octanol–water partition coefficient (Wildman–Crippen LogP) is 4.95. The second-order valence-corrected chi connectivity index (χ2v) is 9.03. The molecule has 2 heterocycles. The number of halogens is 2. The van der Waals surface area contributed by atoms with Gasteiger partial charge in [-0.15, -0.1) is 11.6 Å². The number of thioether (sulfide) groups is 2. The van der Waals surface area contributed by atoms with E-state index in [1.807, 2.05) is 6.92 Å². The highest BCUT2D eigenvalue weighted by Gasteiger charge is 2.20. The Morgan fingerprint density at radius 1 is 1.50 bits per heavy atom. The lowest BCUT2D eigenvalue weighted by Crippen LogP contribution is -2.21. The van der Waals surface area contributed by atoms with Crippen LogP contribution in [0.1, 0.15) is 18.1 Å². The molecule has 2 aromatic rings. The van der Waals surface area contributed by atoms with Crippen LogP contribution >= 0.6 is 51.1 Å². The normalized spacial score (nSPS) is 21.2. The highest BCUT2D eigenvalue weighted by Crippen LogP contribution is 2.30. The molecule has 0 spiro atoms. The second-order valence-electron chi connectivity index (χ2n) is 4.90. The molecule has 3 rings (SSSR count). The SMILES string of the molecule is CC(Cl)c1nc2cc(Br)ccc2n1CC1CSCCS1. The molecular formula is C14H16BrClN2S2. The zero-order chi connectivity index (χ0) is 14.1. The molecule has 1 aliphatic rings. The Morgan fingerprint density at radius 3 is 3.05 bits per heavy atom. The van der Waals surface area contributed by atoms with Crippen molar-refractivity contribution in [1.82, 2.24) is 9.55 Å². The zero-order valence-electron chi connectivity index (χ0n) is 11.2. The lowest BCUT2D eigenvalue weighted by molar-refractivity contribution is 0.667. The first kappa shape index (κ1) is 15.1. The topological polar surface area (TPSA) is 17.8 Å². The fourth-order valence-electron chi connectivity index (χ4n) is 2.46. The highest BCUT2D eigenvalue weighted by atomic mass is 79.9. The quantitative estimate of drug-likeness (QED) is 0.690. The van der Waals surface area contributed by atoms with Gasteiger partial charge in [-0.05, 0) is 25.1 Å². The summed E-state index contributed by atoms with van der Waals surface area (Å²) < 4.78 is 3.37. The van der Waals surface area contributed by atoms with Crippen LogP contribution < -0.4 is 0 Å². The number of benzene rings is 1. The molecule has 0 aliphatic carbocycles. The van der Waals surface area contributed by atoms with Crippen molar-refractivity contribution < 1.29 is 0 Å². The average molecular weight is 392 g/mol. The van der Waals surface area contributed by atoms with Gasteiger partial charge < -0.3 is 4.57 Å². The van der Waals surface area contributed by atoms with Gasteiger partial charge in [0.15, 0.2) is 0 Å². The van der Waals surface area contributed by atoms with E-state index in [0.717, 1.165) is 22.4 Å². The van der Waals surface area contributed by atoms with Gasteiger partial charge in [0.1, 0.15) is 5.82 Å². The lowest BCUT2D eigenvalue weighted by atomic mass is 10.3. The van der Waals surface area contributed by atoms with E-state index in [1.54, 1.807) is 0 Å². The molecule has 0 bridgehead atoms. The van der Waals surface area contributed by atoms with E-state index in [0.29, 0.717) is 5.25 Å². The predicted molar refractivity (Wildman–Crippen MR) is 95.3 cm³/mol. The number of alkyl halides is 1. The second kappa shape index (κ2) is 6.51. The first-order valence-electron chi connectivity index (χ1n) is 6.64. The monoisotopic (exact) mass is 390 g/mol. The van der Waals surface area contributed by atoms with Gasteiger partial charge in [-0.1, -0.05) is 15.9 Å². The molecule has 0 N–H and O–H groups in total. The summed E-state index contributed by atoms with van der Waals surface area (Å²) in [5.74, 6) is 4.73. The summed E-state index contributed by atoms with van der Waals surface area (Å²) in [6, 6.07) is 6.28. The van der Waals surface area contributed by atoms with Crippen molar-refractivity contribution >= 4 is 62.1 Å². The van der Waals surface area contributed by atoms with E-state index < -0.39 is 0 Å². The van der Waals surface area contributed by atoms with Crippen molar-refractivity contribution in [3.63, 3.8) is 0 Å². The van der Waals surface area contributed by atoms with Crippen LogP contribution in [-0.2, 0) is 6.54 Å². The molecule has 0 amide bonds. The molecule has 108 valence electrons. The summed E-state index contributed by atoms with van der Waals surface area (Å²) in [7, 11) is 0. The lowest BCUT2D eigenvalue weighted by Gasteiger charge is -2.23. The van der Waals surface area contributed by atoms with Gasteiger partial charge in [0.05, 0.1) is 16.4 Å². The fraction of sp³-hybridized carbons (Fsp3) is 0.500. The zero-order valence-corrected chi connectivity index (χ0v) is 15.2. The van der Waals surface area contributed by atoms with E-state index in [9.17, 15) is 0 Å². The Bertz CT molecular complexity index is 608. The Labute approximate surface area is 141 Å². The van der Waals surface area contributed by atoms with E-state index in [4.69, 9.17) is 16.6 Å². The highest BCUT2D eigenvalue weighted by molar-refractivity contribution is 9.10. The Hall–Kier alpha value is 0.160. The molecule has 6 heteroatoms. The molecule has 0 radical (unpaired) electrons. The molecule has 20 heavy (non-hydrogen) atoms. The maximum Gasteiger partial charge on any atom is 0.127 e. The van der Waals surface area contributed by atoms with Crippen molar-refractivity contribution in [1.29, 1.82) is 0 Å². The van der Waals surface area contributed by atoms with Crippen LogP contribution in [0.3, 0.4) is 0 Å². The molecule has 2 nitrogen and oxygen atoms in total. The van der Waals surface area contributed by atoms with Gasteiger partial charge in [-0.3, -0.25) is 0 Å². The molecule has 1 saturated heterocycles. The summed E-state index contributed by atoms with van der Waals surface area (Å²) in [6.07, 6.45) is 0. The number of nitrogens with zero attached hydrogens (tertiary/aromatic N) is 2. The van der Waals surface area contributed by atoms with Crippen LogP contribution in [0.4, 0.5) is 0 Å². The number of hydrogen-bond donors (Lipinski definition) is 0. The van der Waals surface area contributed by atoms with Crippen LogP contribution in [0.15, 0.2) is 22.7 Å². The third kappa shape index (κ3) is 3.16. The number of hydrogen-bond acceptors (Lipinski definition) is 3. The van der Waals surface area contributed by atoms with Crippen molar-refractivity contribution in [2.24, 2.45) is 0 Å². The van der Waals surface area contributed by atoms with Crippen LogP contribution in [0, 0.1) is 0 Å². The van der Waals surface area contributed by atoms with Crippen molar-refractivity contribution in [3.8, 4) is 0 Å². The Kier molecular flexibility index (Phi) is 4.90. The van der Waals surface area contributed by atoms with Gasteiger partial charge >= 0.3 is 0 Å². The summed E-state index contributed by atoms with van der Waals surface area (Å²) in [5.41, 5.74) is 2.21. The molecule has 1 aromatic carbocycles. The van der Waals surface area contributed by atoms with Gasteiger partial charge in [0.25, 0.3) is 0 Å². The van der Waals surface area contributed by atoms with Crippen LogP contribution in [-0.4, -0.2) is 32.1 Å². The maximum atomic E-state index is 6.33. The minimum atomic E-state index is -0.0672. The Balaban J connectivity index is 1.99. The van der Waals surface area contributed by atoms with E-state index in [2.05, 4.69) is 62.2 Å². The van der Waals surface area contributed by atoms with Crippen LogP contribution in [0.25, 0.3) is 11.0 Å². The first-order valence-corrected chi connectivity index (χ1v) is 10.1. The summed E-state index contributed by atoms with van der Waals surface area (Å²) in [6.45, 7) is 3.00. The number of fused-ring (bicyclic) bond motifs is 1. The molecule has 1 aliphatic heterocycles. The largest absolute Gasteiger partial charge is 0.326 e. The van der Waals surface area contributed by atoms with Crippen molar-refractivity contribution in [3.05, 3.63) is 28.5 Å². The molecule has 2 atom stereocenters. The third-order valence-corrected chi connectivity index (χ3v) is 6.88. The molecule has 1 aromatic heterocycles. The maximum absolute atomic E-state index is 6.33. The van der Waals surface area contributed by atoms with E-state index in [1.165, 1.54) is 22.8 Å². The summed E-state index contributed by atoms with van der Waals surface area (Å²) >= 11 is 14.0.